The second kappa shape index (κ2) is 3.18. The first kappa shape index (κ1) is 8.26. The Kier molecular flexibility index (Phi) is 2.02. The molecule has 0 saturated heterocycles. The molecule has 0 amide bonds. The van der Waals surface area contributed by atoms with Crippen molar-refractivity contribution >= 4 is 28.9 Å². The largest absolute Gasteiger partial charge is 0.345 e. The van der Waals surface area contributed by atoms with E-state index in [2.05, 4.69) is 9.97 Å². The van der Waals surface area contributed by atoms with Crippen molar-refractivity contribution in [2.75, 3.05) is 0 Å². The van der Waals surface area contributed by atoms with Crippen molar-refractivity contribution in [3.05, 3.63) is 29.0 Å². The van der Waals surface area contributed by atoms with Crippen molar-refractivity contribution in [1.82, 2.24) is 9.97 Å². The summed E-state index contributed by atoms with van der Waals surface area (Å²) in [6.07, 6.45) is 2.78. The van der Waals surface area contributed by atoms with Gasteiger partial charge in [0.1, 0.15) is 6.29 Å². The summed E-state index contributed by atoms with van der Waals surface area (Å²) in [4.78, 5) is 17.3. The fourth-order valence-electron chi connectivity index (χ4n) is 1.25. The molecule has 13 heavy (non-hydrogen) atoms. The number of nitrogens with one attached hydrogen (secondary N) is 1. The van der Waals surface area contributed by atoms with Crippen molar-refractivity contribution in [3.63, 3.8) is 0 Å². The molecule has 0 aliphatic carbocycles. The number of carbonyl (C=O) groups is 1. The van der Waals surface area contributed by atoms with Crippen LogP contribution in [0.4, 0.5) is 0 Å². The van der Waals surface area contributed by atoms with Crippen molar-refractivity contribution in [2.45, 2.75) is 6.42 Å². The van der Waals surface area contributed by atoms with Crippen LogP contribution in [-0.4, -0.2) is 16.3 Å². The lowest BCUT2D eigenvalue weighted by molar-refractivity contribution is -0.107. The van der Waals surface area contributed by atoms with Gasteiger partial charge in [-0.25, -0.2) is 4.98 Å². The quantitative estimate of drug-likeness (QED) is 0.743. The van der Waals surface area contributed by atoms with Crippen molar-refractivity contribution < 1.29 is 4.79 Å². The zero-order valence-corrected chi connectivity index (χ0v) is 7.51. The van der Waals surface area contributed by atoms with E-state index in [1.54, 1.807) is 12.4 Å². The molecular weight excluding hydrogens is 188 g/mol. The molecule has 0 fully saturated rings. The number of aromatic amines is 1. The van der Waals surface area contributed by atoms with E-state index < -0.39 is 0 Å². The number of rotatable bonds is 2. The van der Waals surface area contributed by atoms with Gasteiger partial charge in [0.2, 0.25) is 0 Å². The number of carbonyl (C=O) groups excluding carboxylic acids is 1. The highest BCUT2D eigenvalue weighted by Crippen LogP contribution is 2.21. The third-order valence-corrected chi connectivity index (χ3v) is 2.24. The number of imidazole rings is 1. The van der Waals surface area contributed by atoms with E-state index in [1.165, 1.54) is 0 Å². The second-order valence-electron chi connectivity index (χ2n) is 2.73. The number of halogens is 1. The number of fused-ring (bicyclic) bond motifs is 1. The van der Waals surface area contributed by atoms with Crippen LogP contribution in [0.3, 0.4) is 0 Å². The van der Waals surface area contributed by atoms with E-state index >= 15 is 0 Å². The predicted octanol–water partition coefficient (Wildman–Crippen LogP) is 1.96. The molecule has 1 aromatic carbocycles. The number of benzene rings is 1. The highest BCUT2D eigenvalue weighted by atomic mass is 35.5. The standard InChI is InChI=1S/C9H7ClN2O/c10-7-4-9-8(11-5-12-9)3-6(7)1-2-13/h2-5H,1H2,(H,11,12). The molecular formula is C9H7ClN2O. The van der Waals surface area contributed by atoms with Crippen LogP contribution in [0.15, 0.2) is 18.5 Å². The first-order chi connectivity index (χ1) is 6.31. The molecule has 0 unspecified atom stereocenters. The summed E-state index contributed by atoms with van der Waals surface area (Å²) in [7, 11) is 0. The molecule has 1 aromatic heterocycles. The molecule has 1 heterocycles. The van der Waals surface area contributed by atoms with Crippen LogP contribution in [0.5, 0.6) is 0 Å². The van der Waals surface area contributed by atoms with Gasteiger partial charge in [-0.1, -0.05) is 11.6 Å². The fourth-order valence-corrected chi connectivity index (χ4v) is 1.48. The normalized spacial score (nSPS) is 10.5. The maximum absolute atomic E-state index is 10.3. The van der Waals surface area contributed by atoms with Gasteiger partial charge in [0.05, 0.1) is 17.4 Å². The van der Waals surface area contributed by atoms with E-state index in [1.807, 2.05) is 6.07 Å². The highest BCUT2D eigenvalue weighted by Gasteiger charge is 2.03. The van der Waals surface area contributed by atoms with Gasteiger partial charge in [-0.3, -0.25) is 0 Å². The van der Waals surface area contributed by atoms with E-state index in [9.17, 15) is 4.79 Å². The molecule has 1 N–H and O–H groups in total. The Morgan fingerprint density at radius 3 is 3.15 bits per heavy atom. The molecule has 0 radical (unpaired) electrons. The Bertz CT molecular complexity index is 450. The van der Waals surface area contributed by atoms with Gasteiger partial charge in [0.25, 0.3) is 0 Å². The SMILES string of the molecule is O=CCc1cc2[nH]cnc2cc1Cl. The maximum atomic E-state index is 10.3. The van der Waals surface area contributed by atoms with Crippen LogP contribution in [0.25, 0.3) is 11.0 Å². The molecule has 0 spiro atoms. The van der Waals surface area contributed by atoms with Crippen LogP contribution < -0.4 is 0 Å². The third kappa shape index (κ3) is 1.42. The van der Waals surface area contributed by atoms with E-state index in [4.69, 9.17) is 11.6 Å². The van der Waals surface area contributed by atoms with Crippen molar-refractivity contribution in [1.29, 1.82) is 0 Å². The minimum atomic E-state index is 0.341. The average Bonchev–Trinajstić information content (AvgIpc) is 2.52. The number of hydrogen-bond acceptors (Lipinski definition) is 2. The molecule has 0 bridgehead atoms. The Hall–Kier alpha value is -1.35. The van der Waals surface area contributed by atoms with Gasteiger partial charge in [-0.2, -0.15) is 0 Å². The zero-order chi connectivity index (χ0) is 9.26. The van der Waals surface area contributed by atoms with E-state index in [-0.39, 0.29) is 0 Å². The predicted molar refractivity (Wildman–Crippen MR) is 50.9 cm³/mol. The summed E-state index contributed by atoms with van der Waals surface area (Å²) in [6, 6.07) is 3.60. The molecule has 3 nitrogen and oxygen atoms in total. The van der Waals surface area contributed by atoms with Gasteiger partial charge in [0.15, 0.2) is 0 Å². The Morgan fingerprint density at radius 2 is 2.38 bits per heavy atom. The summed E-state index contributed by atoms with van der Waals surface area (Å²) < 4.78 is 0. The molecule has 0 atom stereocenters. The van der Waals surface area contributed by atoms with Gasteiger partial charge < -0.3 is 9.78 Å². The summed E-state index contributed by atoms with van der Waals surface area (Å²) in [5.74, 6) is 0. The highest BCUT2D eigenvalue weighted by molar-refractivity contribution is 6.32. The molecule has 66 valence electrons. The molecule has 2 rings (SSSR count). The summed E-state index contributed by atoms with van der Waals surface area (Å²) in [6.45, 7) is 0. The van der Waals surface area contributed by atoms with Crippen LogP contribution in [0.2, 0.25) is 5.02 Å². The van der Waals surface area contributed by atoms with E-state index in [0.29, 0.717) is 11.4 Å². The molecule has 0 aliphatic heterocycles. The maximum Gasteiger partial charge on any atom is 0.124 e. The van der Waals surface area contributed by atoms with Gasteiger partial charge in [0, 0.05) is 11.4 Å². The number of hydrogen-bond donors (Lipinski definition) is 1. The number of aromatic nitrogens is 2. The lowest BCUT2D eigenvalue weighted by atomic mass is 10.1. The smallest absolute Gasteiger partial charge is 0.124 e. The average molecular weight is 195 g/mol. The summed E-state index contributed by atoms with van der Waals surface area (Å²) in [5.41, 5.74) is 2.55. The Morgan fingerprint density at radius 1 is 1.54 bits per heavy atom. The number of H-pyrrole nitrogens is 1. The molecule has 0 aliphatic rings. The molecule has 2 aromatic rings. The fraction of sp³-hybridized carbons (Fsp3) is 0.111. The topological polar surface area (TPSA) is 45.8 Å². The summed E-state index contributed by atoms with van der Waals surface area (Å²) in [5, 5.41) is 0.590. The molecule has 4 heteroatoms. The van der Waals surface area contributed by atoms with Crippen LogP contribution in [0.1, 0.15) is 5.56 Å². The van der Waals surface area contributed by atoms with Gasteiger partial charge in [-0.05, 0) is 17.7 Å². The van der Waals surface area contributed by atoms with E-state index in [0.717, 1.165) is 22.9 Å². The molecule has 0 saturated carbocycles. The lowest BCUT2D eigenvalue weighted by Crippen LogP contribution is -1.87. The minimum absolute atomic E-state index is 0.341. The Balaban J connectivity index is 2.62. The first-order valence-electron chi connectivity index (χ1n) is 3.86. The number of aldehydes is 1. The van der Waals surface area contributed by atoms with Crippen molar-refractivity contribution in [2.24, 2.45) is 0 Å². The second-order valence-corrected chi connectivity index (χ2v) is 3.14. The lowest BCUT2D eigenvalue weighted by Gasteiger charge is -1.98. The van der Waals surface area contributed by atoms with Gasteiger partial charge >= 0.3 is 0 Å². The summed E-state index contributed by atoms with van der Waals surface area (Å²) >= 11 is 5.93. The van der Waals surface area contributed by atoms with Crippen LogP contribution >= 0.6 is 11.6 Å². The van der Waals surface area contributed by atoms with Crippen LogP contribution in [0, 0.1) is 0 Å². The minimum Gasteiger partial charge on any atom is -0.345 e. The Labute approximate surface area is 79.7 Å². The third-order valence-electron chi connectivity index (χ3n) is 1.89. The van der Waals surface area contributed by atoms with Crippen LogP contribution in [-0.2, 0) is 11.2 Å². The van der Waals surface area contributed by atoms with Gasteiger partial charge in [-0.15, -0.1) is 0 Å². The first-order valence-corrected chi connectivity index (χ1v) is 4.24. The monoisotopic (exact) mass is 194 g/mol. The number of nitrogens with zero attached hydrogens (tertiary/aromatic N) is 1. The zero-order valence-electron chi connectivity index (χ0n) is 6.75. The van der Waals surface area contributed by atoms with Crippen molar-refractivity contribution in [3.8, 4) is 0 Å².